The highest BCUT2D eigenvalue weighted by Crippen LogP contribution is 2.16. The van der Waals surface area contributed by atoms with Crippen molar-refractivity contribution in [2.45, 2.75) is 0 Å². The van der Waals surface area contributed by atoms with Crippen LogP contribution < -0.4 is 14.4 Å². The summed E-state index contributed by atoms with van der Waals surface area (Å²) in [6, 6.07) is 16.3. The van der Waals surface area contributed by atoms with Crippen molar-refractivity contribution in [3.05, 3.63) is 54.6 Å². The summed E-state index contributed by atoms with van der Waals surface area (Å²) < 4.78 is 32.0. The molecular weight excluding hydrogens is 300 g/mol. The molecule has 0 bridgehead atoms. The summed E-state index contributed by atoms with van der Waals surface area (Å²) in [6.45, 7) is 0.106. The fraction of sp³-hybridized carbons (Fsp3) is 0.250. The van der Waals surface area contributed by atoms with E-state index in [1.54, 1.807) is 24.3 Å². The first kappa shape index (κ1) is 16.2. The Morgan fingerprint density at radius 3 is 2.23 bits per heavy atom. The molecule has 0 heterocycles. The van der Waals surface area contributed by atoms with Gasteiger partial charge in [-0.3, -0.25) is 4.72 Å². The molecule has 0 aliphatic heterocycles. The lowest BCUT2D eigenvalue weighted by atomic mass is 10.3. The molecule has 0 aromatic heterocycles. The molecule has 0 unspecified atom stereocenters. The average Bonchev–Trinajstić information content (AvgIpc) is 2.48. The van der Waals surface area contributed by atoms with Crippen LogP contribution in [0.1, 0.15) is 0 Å². The summed E-state index contributed by atoms with van der Waals surface area (Å²) in [5.74, 6) is 0.560. The molecule has 118 valence electrons. The topological polar surface area (TPSA) is 58.6 Å². The van der Waals surface area contributed by atoms with Gasteiger partial charge in [-0.2, -0.15) is 0 Å². The van der Waals surface area contributed by atoms with Gasteiger partial charge in [0.2, 0.25) is 10.0 Å². The minimum absolute atomic E-state index is 0.0999. The van der Waals surface area contributed by atoms with E-state index in [-0.39, 0.29) is 12.4 Å². The molecule has 0 saturated carbocycles. The predicted molar refractivity (Wildman–Crippen MR) is 90.1 cm³/mol. The molecule has 0 aliphatic carbocycles. The quantitative estimate of drug-likeness (QED) is 0.852. The van der Waals surface area contributed by atoms with Crippen LogP contribution in [0.2, 0.25) is 0 Å². The van der Waals surface area contributed by atoms with Crippen molar-refractivity contribution in [2.24, 2.45) is 0 Å². The number of nitrogens with zero attached hydrogens (tertiary/aromatic N) is 1. The van der Waals surface area contributed by atoms with E-state index in [4.69, 9.17) is 4.74 Å². The summed E-state index contributed by atoms with van der Waals surface area (Å²) in [5, 5.41) is 0. The molecule has 5 nitrogen and oxygen atoms in total. The van der Waals surface area contributed by atoms with Crippen LogP contribution >= 0.6 is 0 Å². The van der Waals surface area contributed by atoms with Gasteiger partial charge in [-0.25, -0.2) is 8.42 Å². The first-order chi connectivity index (χ1) is 10.5. The van der Waals surface area contributed by atoms with Gasteiger partial charge in [0, 0.05) is 25.5 Å². The van der Waals surface area contributed by atoms with Crippen LogP contribution in [0, 0.1) is 0 Å². The number of para-hydroxylation sites is 1. The van der Waals surface area contributed by atoms with Crippen molar-refractivity contribution in [1.29, 1.82) is 0 Å². The second-order valence-corrected chi connectivity index (χ2v) is 6.87. The fourth-order valence-electron chi connectivity index (χ4n) is 1.84. The molecule has 0 amide bonds. The van der Waals surface area contributed by atoms with E-state index in [2.05, 4.69) is 4.72 Å². The smallest absolute Gasteiger partial charge is 0.236 e. The number of nitrogens with one attached hydrogen (secondary N) is 1. The Bertz CT molecular complexity index is 683. The van der Waals surface area contributed by atoms with Crippen LogP contribution in [0.25, 0.3) is 0 Å². The Hall–Kier alpha value is -2.21. The highest BCUT2D eigenvalue weighted by molar-refractivity contribution is 7.92. The molecule has 2 rings (SSSR count). The maximum atomic E-state index is 12.0. The number of sulfonamides is 1. The number of ether oxygens (including phenoxy) is 1. The van der Waals surface area contributed by atoms with Crippen molar-refractivity contribution >= 4 is 21.4 Å². The lowest BCUT2D eigenvalue weighted by Gasteiger charge is -2.13. The molecule has 0 atom stereocenters. The van der Waals surface area contributed by atoms with Crippen molar-refractivity contribution < 1.29 is 13.2 Å². The Labute approximate surface area is 131 Å². The molecule has 0 fully saturated rings. The van der Waals surface area contributed by atoms with Crippen molar-refractivity contribution in [3.8, 4) is 5.75 Å². The first-order valence-electron chi connectivity index (χ1n) is 6.92. The normalized spacial score (nSPS) is 11.0. The highest BCUT2D eigenvalue weighted by Gasteiger charge is 2.11. The molecule has 2 aromatic carbocycles. The second-order valence-electron chi connectivity index (χ2n) is 5.02. The zero-order chi connectivity index (χ0) is 16.0. The molecule has 0 aliphatic rings. The van der Waals surface area contributed by atoms with Gasteiger partial charge in [0.05, 0.1) is 0 Å². The summed E-state index contributed by atoms with van der Waals surface area (Å²) >= 11 is 0. The summed E-state index contributed by atoms with van der Waals surface area (Å²) in [7, 11) is 0.435. The van der Waals surface area contributed by atoms with Crippen LogP contribution in [-0.4, -0.2) is 34.9 Å². The average molecular weight is 320 g/mol. The summed E-state index contributed by atoms with van der Waals surface area (Å²) in [4.78, 5) is 1.95. The Morgan fingerprint density at radius 2 is 1.64 bits per heavy atom. The predicted octanol–water partition coefficient (Wildman–Crippen LogP) is 2.57. The summed E-state index contributed by atoms with van der Waals surface area (Å²) in [6.07, 6.45) is 0. The maximum Gasteiger partial charge on any atom is 0.236 e. The van der Waals surface area contributed by atoms with Gasteiger partial charge in [0.25, 0.3) is 0 Å². The lowest BCUT2D eigenvalue weighted by Crippen LogP contribution is -2.21. The van der Waals surface area contributed by atoms with Crippen LogP contribution in [0.5, 0.6) is 5.75 Å². The van der Waals surface area contributed by atoms with Crippen molar-refractivity contribution in [1.82, 2.24) is 0 Å². The Morgan fingerprint density at radius 1 is 1.00 bits per heavy atom. The fourth-order valence-corrected chi connectivity index (χ4v) is 2.74. The van der Waals surface area contributed by atoms with E-state index in [1.807, 2.05) is 49.3 Å². The summed E-state index contributed by atoms with van der Waals surface area (Å²) in [5.41, 5.74) is 1.56. The van der Waals surface area contributed by atoms with Gasteiger partial charge in [0.1, 0.15) is 18.1 Å². The molecule has 0 radical (unpaired) electrons. The maximum absolute atomic E-state index is 12.0. The van der Waals surface area contributed by atoms with Gasteiger partial charge >= 0.3 is 0 Å². The van der Waals surface area contributed by atoms with Crippen LogP contribution in [0.15, 0.2) is 54.6 Å². The van der Waals surface area contributed by atoms with E-state index in [0.29, 0.717) is 11.4 Å². The SMILES string of the molecule is CN(C)c1ccc(NS(=O)(=O)CCOc2ccccc2)cc1. The number of rotatable bonds is 7. The second kappa shape index (κ2) is 7.17. The van der Waals surface area contributed by atoms with Gasteiger partial charge in [0.15, 0.2) is 0 Å². The molecule has 6 heteroatoms. The van der Waals surface area contributed by atoms with Gasteiger partial charge < -0.3 is 9.64 Å². The van der Waals surface area contributed by atoms with E-state index >= 15 is 0 Å². The van der Waals surface area contributed by atoms with E-state index < -0.39 is 10.0 Å². The van der Waals surface area contributed by atoms with Crippen molar-refractivity contribution in [3.63, 3.8) is 0 Å². The third-order valence-corrected chi connectivity index (χ3v) is 4.27. The lowest BCUT2D eigenvalue weighted by molar-refractivity contribution is 0.341. The van der Waals surface area contributed by atoms with E-state index in [1.165, 1.54) is 0 Å². The minimum Gasteiger partial charge on any atom is -0.492 e. The van der Waals surface area contributed by atoms with E-state index in [9.17, 15) is 8.42 Å². The van der Waals surface area contributed by atoms with Crippen molar-refractivity contribution in [2.75, 3.05) is 36.1 Å². The molecule has 22 heavy (non-hydrogen) atoms. The molecule has 0 saturated heterocycles. The van der Waals surface area contributed by atoms with Gasteiger partial charge in [-0.15, -0.1) is 0 Å². The standard InChI is InChI=1S/C16H20N2O3S/c1-18(2)15-10-8-14(9-11-15)17-22(19,20)13-12-21-16-6-4-3-5-7-16/h3-11,17H,12-13H2,1-2H3. The third-order valence-electron chi connectivity index (χ3n) is 3.02. The third kappa shape index (κ3) is 4.96. The molecule has 1 N–H and O–H groups in total. The van der Waals surface area contributed by atoms with E-state index in [0.717, 1.165) is 5.69 Å². The zero-order valence-electron chi connectivity index (χ0n) is 12.7. The Kier molecular flexibility index (Phi) is 5.27. The first-order valence-corrected chi connectivity index (χ1v) is 8.57. The largest absolute Gasteiger partial charge is 0.492 e. The van der Waals surface area contributed by atoms with Crippen LogP contribution in [0.4, 0.5) is 11.4 Å². The Balaban J connectivity index is 1.88. The monoisotopic (exact) mass is 320 g/mol. The van der Waals surface area contributed by atoms with Gasteiger partial charge in [-0.05, 0) is 36.4 Å². The molecule has 2 aromatic rings. The van der Waals surface area contributed by atoms with Crippen LogP contribution in [0.3, 0.4) is 0 Å². The zero-order valence-corrected chi connectivity index (χ0v) is 13.5. The molecular formula is C16H20N2O3S. The highest BCUT2D eigenvalue weighted by atomic mass is 32.2. The number of hydrogen-bond donors (Lipinski definition) is 1. The number of anilines is 2. The number of benzene rings is 2. The minimum atomic E-state index is -3.43. The van der Waals surface area contributed by atoms with Crippen LogP contribution in [-0.2, 0) is 10.0 Å². The molecule has 0 spiro atoms. The van der Waals surface area contributed by atoms with Gasteiger partial charge in [-0.1, -0.05) is 18.2 Å². The number of hydrogen-bond acceptors (Lipinski definition) is 4.